The second-order valence-corrected chi connectivity index (χ2v) is 18.0. The summed E-state index contributed by atoms with van der Waals surface area (Å²) in [5.74, 6) is -5.60. The molecule has 10 N–H and O–H groups in total. The summed E-state index contributed by atoms with van der Waals surface area (Å²) in [7, 11) is 0. The van der Waals surface area contributed by atoms with Crippen molar-refractivity contribution in [2.24, 2.45) is 11.5 Å². The van der Waals surface area contributed by atoms with E-state index in [1.54, 1.807) is 60.8 Å². The number of carbonyl (C=O) groups is 9. The number of para-hydroxylation sites is 1. The molecule has 3 heterocycles. The first-order valence-electron chi connectivity index (χ1n) is 24.0. The van der Waals surface area contributed by atoms with Crippen molar-refractivity contribution in [3.63, 3.8) is 0 Å². The molecule has 3 aromatic carbocycles. The molecule has 1 aromatic heterocycles. The summed E-state index contributed by atoms with van der Waals surface area (Å²) in [5.41, 5.74) is 13.4. The van der Waals surface area contributed by atoms with Crippen LogP contribution in [0.15, 0.2) is 91.1 Å². The highest BCUT2D eigenvalue weighted by Crippen LogP contribution is 2.27. The average Bonchev–Trinajstić information content (AvgIpc) is 4.15. The molecule has 9 amide bonds. The van der Waals surface area contributed by atoms with Crippen LogP contribution in [0.4, 0.5) is 0 Å². The summed E-state index contributed by atoms with van der Waals surface area (Å²) in [6, 6.07) is 16.9. The van der Waals surface area contributed by atoms with Gasteiger partial charge in [-0.2, -0.15) is 0 Å². The van der Waals surface area contributed by atoms with Gasteiger partial charge < -0.3 is 52.8 Å². The third-order valence-electron chi connectivity index (χ3n) is 12.9. The predicted octanol–water partition coefficient (Wildman–Crippen LogP) is 1.63. The Balaban J connectivity index is 1.22. The Labute approximate surface area is 406 Å². The Kier molecular flexibility index (Phi) is 18.2. The molecule has 0 bridgehead atoms. The fraction of sp³-hybridized carbons (Fsp3) is 0.431. The molecule has 2 saturated heterocycles. The number of primary amides is 2. The highest BCUT2D eigenvalue weighted by atomic mass is 16.2. The maximum atomic E-state index is 14.9. The van der Waals surface area contributed by atoms with Crippen LogP contribution in [0, 0.1) is 0 Å². The minimum Gasteiger partial charge on any atom is -0.370 e. The summed E-state index contributed by atoms with van der Waals surface area (Å²) in [6.45, 7) is 3.85. The van der Waals surface area contributed by atoms with Gasteiger partial charge in [0.2, 0.25) is 47.3 Å². The van der Waals surface area contributed by atoms with Crippen molar-refractivity contribution in [3.05, 3.63) is 108 Å². The van der Waals surface area contributed by atoms with Crippen molar-refractivity contribution in [2.75, 3.05) is 13.1 Å². The predicted molar refractivity (Wildman–Crippen MR) is 260 cm³/mol. The van der Waals surface area contributed by atoms with Crippen molar-refractivity contribution in [3.8, 4) is 0 Å². The lowest BCUT2D eigenvalue weighted by atomic mass is 10.0. The van der Waals surface area contributed by atoms with Crippen LogP contribution in [-0.2, 0) is 51.2 Å². The minimum absolute atomic E-state index is 0.0332. The Morgan fingerprint density at radius 2 is 1.29 bits per heavy atom. The van der Waals surface area contributed by atoms with Crippen LogP contribution in [0.25, 0.3) is 10.9 Å². The fourth-order valence-electron chi connectivity index (χ4n) is 9.06. The molecule has 7 atom stereocenters. The van der Waals surface area contributed by atoms with Crippen LogP contribution in [0.2, 0.25) is 0 Å². The monoisotopic (exact) mass is 960 g/mol. The third-order valence-corrected chi connectivity index (χ3v) is 12.9. The number of nitrogens with zero attached hydrogens (tertiary/aromatic N) is 2. The molecule has 0 unspecified atom stereocenters. The first kappa shape index (κ1) is 51.8. The molecule has 2 aliphatic heterocycles. The topological polar surface area (TPSA) is 288 Å². The van der Waals surface area contributed by atoms with Gasteiger partial charge in [0.1, 0.15) is 42.3 Å². The Hall–Kier alpha value is -7.57. The number of benzene rings is 3. The largest absolute Gasteiger partial charge is 0.370 e. The summed E-state index contributed by atoms with van der Waals surface area (Å²) in [6.07, 6.45) is 4.90. The third kappa shape index (κ3) is 13.6. The number of hydrogen-bond acceptors (Lipinski definition) is 9. The van der Waals surface area contributed by atoms with E-state index in [0.29, 0.717) is 49.7 Å². The smallest absolute Gasteiger partial charge is 0.251 e. The Morgan fingerprint density at radius 3 is 1.97 bits per heavy atom. The molecule has 2 aliphatic rings. The molecule has 19 heteroatoms. The van der Waals surface area contributed by atoms with Gasteiger partial charge in [-0.3, -0.25) is 43.2 Å². The zero-order valence-electron chi connectivity index (χ0n) is 39.6. The number of aromatic amines is 1. The van der Waals surface area contributed by atoms with Crippen LogP contribution in [0.3, 0.4) is 0 Å². The molecule has 19 nitrogen and oxygen atoms in total. The first-order valence-corrected chi connectivity index (χ1v) is 24.0. The van der Waals surface area contributed by atoms with Gasteiger partial charge in [0.15, 0.2) is 0 Å². The molecule has 0 radical (unpaired) electrons. The van der Waals surface area contributed by atoms with E-state index in [4.69, 9.17) is 11.5 Å². The van der Waals surface area contributed by atoms with Crippen LogP contribution in [-0.4, -0.2) is 123 Å². The summed E-state index contributed by atoms with van der Waals surface area (Å²) in [5, 5.41) is 14.4. The van der Waals surface area contributed by atoms with Gasteiger partial charge in [-0.1, -0.05) is 86.5 Å². The van der Waals surface area contributed by atoms with Crippen LogP contribution < -0.4 is 38.1 Å². The van der Waals surface area contributed by atoms with Gasteiger partial charge in [-0.15, -0.1) is 0 Å². The van der Waals surface area contributed by atoms with E-state index in [0.717, 1.165) is 17.3 Å². The quantitative estimate of drug-likeness (QED) is 0.0536. The van der Waals surface area contributed by atoms with E-state index in [1.165, 1.54) is 16.7 Å². The lowest BCUT2D eigenvalue weighted by Crippen LogP contribution is -2.60. The second kappa shape index (κ2) is 24.6. The number of carbonyl (C=O) groups excluding carboxylic acids is 9. The Bertz CT molecular complexity index is 2520. The van der Waals surface area contributed by atoms with Gasteiger partial charge in [-0.25, -0.2) is 0 Å². The molecular formula is C51H64N10O9. The number of likely N-dealkylation sites (tertiary alicyclic amines) is 2. The number of rotatable bonds is 23. The number of fused-ring (bicyclic) bond motifs is 1. The van der Waals surface area contributed by atoms with Crippen molar-refractivity contribution < 1.29 is 43.2 Å². The highest BCUT2D eigenvalue weighted by molar-refractivity contribution is 6.00. The van der Waals surface area contributed by atoms with E-state index in [9.17, 15) is 43.2 Å². The van der Waals surface area contributed by atoms with Gasteiger partial charge in [0.25, 0.3) is 5.91 Å². The molecule has 2 fully saturated rings. The van der Waals surface area contributed by atoms with Crippen LogP contribution in [0.5, 0.6) is 0 Å². The SMILES string of the molecule is CCCC[C@H](NC(=O)[C@@H]1CCCN1C(=O)[C@H]1CCCN1C(=O)[C@H](Cc1ccccc1)NC(=O)[C@@H](Cc1c[nH]c2ccccc12)NC(=O)[C@H](C)NC(=O)[C@H](CCC(N)=O)NC(=O)c1ccccc1)C(N)=O. The molecule has 0 aliphatic carbocycles. The van der Waals surface area contributed by atoms with Gasteiger partial charge in [0.05, 0.1) is 0 Å². The van der Waals surface area contributed by atoms with E-state index < -0.39 is 95.5 Å². The number of unbranched alkanes of at least 4 members (excludes halogenated alkanes) is 1. The molecule has 0 spiro atoms. The second-order valence-electron chi connectivity index (χ2n) is 18.0. The van der Waals surface area contributed by atoms with E-state index in [-0.39, 0.29) is 44.3 Å². The molecular weight excluding hydrogens is 897 g/mol. The zero-order chi connectivity index (χ0) is 50.3. The van der Waals surface area contributed by atoms with E-state index >= 15 is 0 Å². The lowest BCUT2D eigenvalue weighted by Gasteiger charge is -2.33. The van der Waals surface area contributed by atoms with Gasteiger partial charge >= 0.3 is 0 Å². The molecule has 70 heavy (non-hydrogen) atoms. The normalized spacial score (nSPS) is 17.6. The van der Waals surface area contributed by atoms with Crippen LogP contribution >= 0.6 is 0 Å². The standard InChI is InChI=1S/C51H64N10O9/c1-3-4-20-37(44(53)63)56-49(68)41-22-13-26-60(41)51(70)42-23-14-27-61(42)50(69)40(28-32-15-7-5-8-16-32)59-48(67)39(29-34-30-54-36-21-12-11-19-35(34)36)58-45(64)31(2)55-47(66)38(24-25-43(52)62)57-46(65)33-17-9-6-10-18-33/h5-12,15-19,21,30-31,37-42,54H,3-4,13-14,20,22-29H2,1-2H3,(H2,52,62)(H2,53,63)(H,55,66)(H,56,68)(H,57,65)(H,58,64)(H,59,67)/t31-,37-,38-,39+,40-,41-,42+/m0/s1. The number of nitrogens with one attached hydrogen (secondary N) is 6. The molecule has 6 rings (SSSR count). The molecule has 0 saturated carbocycles. The van der Waals surface area contributed by atoms with Crippen molar-refractivity contribution in [2.45, 2.75) is 127 Å². The fourth-order valence-corrected chi connectivity index (χ4v) is 9.06. The minimum atomic E-state index is -1.30. The summed E-state index contributed by atoms with van der Waals surface area (Å²) >= 11 is 0. The van der Waals surface area contributed by atoms with Gasteiger partial charge in [0, 0.05) is 55.0 Å². The maximum Gasteiger partial charge on any atom is 0.251 e. The first-order chi connectivity index (χ1) is 33.6. The number of nitrogens with two attached hydrogens (primary N) is 2. The maximum absolute atomic E-state index is 14.9. The number of aromatic nitrogens is 1. The van der Waals surface area contributed by atoms with Crippen molar-refractivity contribution in [1.82, 2.24) is 41.4 Å². The Morgan fingerprint density at radius 1 is 0.657 bits per heavy atom. The van der Waals surface area contributed by atoms with Crippen molar-refractivity contribution in [1.29, 1.82) is 0 Å². The zero-order valence-corrected chi connectivity index (χ0v) is 39.6. The lowest BCUT2D eigenvalue weighted by molar-refractivity contribution is -0.148. The highest BCUT2D eigenvalue weighted by Gasteiger charge is 2.44. The summed E-state index contributed by atoms with van der Waals surface area (Å²) in [4.78, 5) is 128. The van der Waals surface area contributed by atoms with E-state index in [1.807, 2.05) is 37.3 Å². The van der Waals surface area contributed by atoms with Crippen molar-refractivity contribution >= 4 is 64.1 Å². The van der Waals surface area contributed by atoms with E-state index in [2.05, 4.69) is 31.6 Å². The summed E-state index contributed by atoms with van der Waals surface area (Å²) < 4.78 is 0. The molecule has 372 valence electrons. The number of amides is 9. The number of H-pyrrole nitrogens is 1. The molecule has 4 aromatic rings. The average molecular weight is 961 g/mol. The number of hydrogen-bond donors (Lipinski definition) is 8. The van der Waals surface area contributed by atoms with Gasteiger partial charge in [-0.05, 0) is 74.8 Å². The van der Waals surface area contributed by atoms with Crippen LogP contribution in [0.1, 0.15) is 93.1 Å².